The molecule has 28 heavy (non-hydrogen) atoms. The number of para-hydroxylation sites is 2. The molecule has 1 fully saturated rings. The van der Waals surface area contributed by atoms with Gasteiger partial charge in [0.1, 0.15) is 11.8 Å². The van der Waals surface area contributed by atoms with E-state index in [4.69, 9.17) is 4.74 Å². The van der Waals surface area contributed by atoms with Crippen molar-refractivity contribution in [1.82, 2.24) is 4.72 Å². The lowest BCUT2D eigenvalue weighted by Crippen LogP contribution is -2.38. The minimum absolute atomic E-state index is 0.0493. The van der Waals surface area contributed by atoms with Crippen LogP contribution in [0.2, 0.25) is 0 Å². The first kappa shape index (κ1) is 20.2. The molecule has 1 N–H and O–H groups in total. The molecule has 0 spiro atoms. The normalized spacial score (nSPS) is 15.2. The Labute approximate surface area is 165 Å². The largest absolute Gasteiger partial charge is 0.529 e. The average molecular weight is 403 g/mol. The summed E-state index contributed by atoms with van der Waals surface area (Å²) in [5.41, 5.74) is 0.557. The van der Waals surface area contributed by atoms with E-state index in [0.717, 1.165) is 37.0 Å². The summed E-state index contributed by atoms with van der Waals surface area (Å²) in [5.74, 6) is 0.363. The summed E-state index contributed by atoms with van der Waals surface area (Å²) < 4.78 is 33.2. The first-order valence-electron chi connectivity index (χ1n) is 9.19. The van der Waals surface area contributed by atoms with Crippen molar-refractivity contribution in [3.8, 4) is 5.75 Å². The number of nitrogens with zero attached hydrogens (tertiary/aromatic N) is 1. The third-order valence-electron chi connectivity index (χ3n) is 4.84. The molecule has 1 aliphatic rings. The number of hydrogen-bond acceptors (Lipinski definition) is 5. The number of sulfonamides is 1. The first-order chi connectivity index (χ1) is 13.4. The van der Waals surface area contributed by atoms with Gasteiger partial charge in [0.05, 0.1) is 17.7 Å². The van der Waals surface area contributed by atoms with Gasteiger partial charge in [-0.05, 0) is 49.2 Å². The van der Waals surface area contributed by atoms with Crippen LogP contribution in [0.1, 0.15) is 32.1 Å². The van der Waals surface area contributed by atoms with Crippen LogP contribution in [0, 0.1) is 0 Å². The fraction of sp³-hybridized carbons (Fsp3) is 0.350. The van der Waals surface area contributed by atoms with Gasteiger partial charge < -0.3 is 14.6 Å². The molecule has 0 bridgehead atoms. The van der Waals surface area contributed by atoms with Crippen molar-refractivity contribution < 1.29 is 23.1 Å². The lowest BCUT2D eigenvalue weighted by Gasteiger charge is -2.27. The Hall–Kier alpha value is -2.58. The van der Waals surface area contributed by atoms with Crippen molar-refractivity contribution in [3.05, 3.63) is 48.5 Å². The minimum atomic E-state index is -3.66. The molecule has 3 rings (SSSR count). The van der Waals surface area contributed by atoms with Crippen LogP contribution in [0.4, 0.5) is 16.2 Å². The Morgan fingerprint density at radius 1 is 1.07 bits per heavy atom. The van der Waals surface area contributed by atoms with Gasteiger partial charge in [0.15, 0.2) is 0 Å². The van der Waals surface area contributed by atoms with Crippen molar-refractivity contribution in [2.45, 2.75) is 43.0 Å². The van der Waals surface area contributed by atoms with Crippen LogP contribution < -0.4 is 19.5 Å². The van der Waals surface area contributed by atoms with Crippen LogP contribution in [-0.2, 0) is 10.0 Å². The number of hydrogen-bond donors (Lipinski definition) is 1. The van der Waals surface area contributed by atoms with E-state index >= 15 is 0 Å². The molecule has 0 saturated heterocycles. The Morgan fingerprint density at radius 3 is 2.32 bits per heavy atom. The Kier molecular flexibility index (Phi) is 6.21. The quantitative estimate of drug-likeness (QED) is 0.800. The number of carboxylic acid groups (broad SMARTS) is 1. The summed E-state index contributed by atoms with van der Waals surface area (Å²) in [6.45, 7) is 0. The zero-order valence-corrected chi connectivity index (χ0v) is 16.4. The van der Waals surface area contributed by atoms with Gasteiger partial charge in [-0.2, -0.15) is 0 Å². The molecular formula is C20H23N2O5S-. The second-order valence-corrected chi connectivity index (χ2v) is 8.44. The summed E-state index contributed by atoms with van der Waals surface area (Å²) >= 11 is 0. The van der Waals surface area contributed by atoms with Crippen LogP contribution in [-0.4, -0.2) is 27.7 Å². The number of carbonyl (C=O) groups is 1. The van der Waals surface area contributed by atoms with E-state index < -0.39 is 16.1 Å². The molecule has 1 amide bonds. The summed E-state index contributed by atoms with van der Waals surface area (Å²) in [6.07, 6.45) is 3.40. The number of amides is 1. The van der Waals surface area contributed by atoms with E-state index in [1.807, 2.05) is 0 Å². The average Bonchev–Trinajstić information content (AvgIpc) is 2.69. The highest BCUT2D eigenvalue weighted by Crippen LogP contribution is 2.33. The van der Waals surface area contributed by atoms with E-state index in [0.29, 0.717) is 11.4 Å². The molecule has 2 aromatic rings. The molecule has 150 valence electrons. The smallest absolute Gasteiger partial charge is 0.240 e. The number of benzene rings is 2. The van der Waals surface area contributed by atoms with Gasteiger partial charge in [-0.3, -0.25) is 4.90 Å². The highest BCUT2D eigenvalue weighted by molar-refractivity contribution is 7.89. The Bertz CT molecular complexity index is 922. The fourth-order valence-corrected chi connectivity index (χ4v) is 4.74. The van der Waals surface area contributed by atoms with Crippen LogP contribution in [0.25, 0.3) is 0 Å². The molecule has 0 heterocycles. The maximum atomic E-state index is 12.6. The van der Waals surface area contributed by atoms with E-state index in [-0.39, 0.29) is 16.6 Å². The number of rotatable bonds is 6. The van der Waals surface area contributed by atoms with E-state index in [1.54, 1.807) is 24.3 Å². The molecule has 2 aromatic carbocycles. The molecule has 0 radical (unpaired) electrons. The van der Waals surface area contributed by atoms with Gasteiger partial charge in [-0.25, -0.2) is 13.1 Å². The number of anilines is 2. The molecule has 0 atom stereocenters. The predicted molar refractivity (Wildman–Crippen MR) is 104 cm³/mol. The van der Waals surface area contributed by atoms with Gasteiger partial charge in [-0.15, -0.1) is 0 Å². The maximum absolute atomic E-state index is 12.6. The molecule has 0 aliphatic heterocycles. The summed E-state index contributed by atoms with van der Waals surface area (Å²) in [5, 5.41) is 11.7. The van der Waals surface area contributed by atoms with Gasteiger partial charge in [0.2, 0.25) is 10.0 Å². The van der Waals surface area contributed by atoms with Crippen LogP contribution in [0.3, 0.4) is 0 Å². The van der Waals surface area contributed by atoms with Crippen LogP contribution in [0.15, 0.2) is 53.4 Å². The Morgan fingerprint density at radius 2 is 1.71 bits per heavy atom. The minimum Gasteiger partial charge on any atom is -0.529 e. The summed E-state index contributed by atoms with van der Waals surface area (Å²) in [4.78, 5) is 12.8. The lowest BCUT2D eigenvalue weighted by molar-refractivity contribution is -0.245. The number of methoxy groups -OCH3 is 1. The first-order valence-corrected chi connectivity index (χ1v) is 10.7. The third-order valence-corrected chi connectivity index (χ3v) is 6.38. The fourth-order valence-electron chi connectivity index (χ4n) is 3.44. The van der Waals surface area contributed by atoms with Gasteiger partial charge in [0, 0.05) is 11.7 Å². The third kappa shape index (κ3) is 4.45. The van der Waals surface area contributed by atoms with Crippen molar-refractivity contribution in [1.29, 1.82) is 0 Å². The zero-order valence-electron chi connectivity index (χ0n) is 15.6. The molecule has 1 saturated carbocycles. The van der Waals surface area contributed by atoms with E-state index in [1.165, 1.54) is 31.4 Å². The molecule has 1 aliphatic carbocycles. The lowest BCUT2D eigenvalue weighted by atomic mass is 9.96. The number of nitrogens with one attached hydrogen (secondary N) is 1. The summed E-state index contributed by atoms with van der Waals surface area (Å²) in [6, 6.07) is 12.3. The molecule has 0 unspecified atom stereocenters. The van der Waals surface area contributed by atoms with E-state index in [9.17, 15) is 18.3 Å². The summed E-state index contributed by atoms with van der Waals surface area (Å²) in [7, 11) is -2.21. The van der Waals surface area contributed by atoms with Gasteiger partial charge in [-0.1, -0.05) is 31.4 Å². The van der Waals surface area contributed by atoms with Gasteiger partial charge in [0.25, 0.3) is 0 Å². The second kappa shape index (κ2) is 8.62. The zero-order chi connectivity index (χ0) is 20.1. The molecule has 0 aromatic heterocycles. The maximum Gasteiger partial charge on any atom is 0.240 e. The number of ether oxygens (including phenoxy) is 1. The number of carbonyl (C=O) groups excluding carboxylic acids is 1. The van der Waals surface area contributed by atoms with Crippen molar-refractivity contribution >= 4 is 27.5 Å². The van der Waals surface area contributed by atoms with Crippen molar-refractivity contribution in [3.63, 3.8) is 0 Å². The molecule has 7 nitrogen and oxygen atoms in total. The van der Waals surface area contributed by atoms with Crippen LogP contribution >= 0.6 is 0 Å². The van der Waals surface area contributed by atoms with Crippen molar-refractivity contribution in [2.75, 3.05) is 12.0 Å². The monoisotopic (exact) mass is 403 g/mol. The molecule has 8 heteroatoms. The Balaban J connectivity index is 1.86. The highest BCUT2D eigenvalue weighted by atomic mass is 32.2. The van der Waals surface area contributed by atoms with Crippen molar-refractivity contribution in [2.24, 2.45) is 0 Å². The highest BCUT2D eigenvalue weighted by Gasteiger charge is 2.22. The predicted octanol–water partition coefficient (Wildman–Crippen LogP) is 2.79. The van der Waals surface area contributed by atoms with E-state index in [2.05, 4.69) is 4.72 Å². The van der Waals surface area contributed by atoms with Crippen LogP contribution in [0.5, 0.6) is 5.75 Å². The molecular weight excluding hydrogens is 380 g/mol. The standard InChI is InChI=1S/C20H24N2O5S/c1-27-19-10-6-5-9-18(19)22(20(23)24)16-11-13-17(14-12-16)28(25,26)21-15-7-3-2-4-8-15/h5-6,9-15,21H,2-4,7-8H2,1H3,(H,23,24)/p-1. The van der Waals surface area contributed by atoms with Gasteiger partial charge >= 0.3 is 0 Å². The topological polar surface area (TPSA) is 98.8 Å². The second-order valence-electron chi connectivity index (χ2n) is 6.72. The SMILES string of the molecule is COc1ccccc1N(C(=O)[O-])c1ccc(S(=O)(=O)NC2CCCCC2)cc1.